The number of halogens is 2. The van der Waals surface area contributed by atoms with Crippen LogP contribution in [0, 0.1) is 11.7 Å². The summed E-state index contributed by atoms with van der Waals surface area (Å²) in [6, 6.07) is 4.10. The fraction of sp³-hybridized carbons (Fsp3) is 0.435. The molecule has 0 radical (unpaired) electrons. The molecule has 0 fully saturated rings. The first-order valence-electron chi connectivity index (χ1n) is 10.5. The highest BCUT2D eigenvalue weighted by atomic mass is 35.5. The van der Waals surface area contributed by atoms with E-state index in [0.29, 0.717) is 16.5 Å². The third kappa shape index (κ3) is 5.48. The van der Waals surface area contributed by atoms with Gasteiger partial charge in [0.1, 0.15) is 10.8 Å². The van der Waals surface area contributed by atoms with Crippen LogP contribution < -0.4 is 5.32 Å². The average molecular weight is 482 g/mol. The lowest BCUT2D eigenvalue weighted by atomic mass is 9.88. The van der Waals surface area contributed by atoms with Crippen molar-refractivity contribution in [2.45, 2.75) is 52.6 Å². The van der Waals surface area contributed by atoms with Crippen molar-refractivity contribution in [3.8, 4) is 0 Å². The van der Waals surface area contributed by atoms with E-state index in [1.54, 1.807) is 6.92 Å². The van der Waals surface area contributed by atoms with E-state index in [-0.39, 0.29) is 17.2 Å². The number of rotatable bonds is 7. The molecule has 1 aromatic heterocycles. The molecule has 9 heteroatoms. The summed E-state index contributed by atoms with van der Waals surface area (Å²) in [6.07, 6.45) is 0.973. The molecule has 0 spiro atoms. The zero-order chi connectivity index (χ0) is 23.4. The van der Waals surface area contributed by atoms with Crippen LogP contribution in [0.25, 0.3) is 0 Å². The van der Waals surface area contributed by atoms with Crippen LogP contribution in [-0.2, 0) is 38.3 Å². The number of fused-ring (bicyclic) bond motifs is 1. The Balaban J connectivity index is 1.72. The van der Waals surface area contributed by atoms with Crippen molar-refractivity contribution in [3.63, 3.8) is 0 Å². The number of ether oxygens (including phenoxy) is 2. The molecule has 1 aliphatic rings. The molecule has 2 aromatic rings. The van der Waals surface area contributed by atoms with Crippen molar-refractivity contribution >= 4 is 45.8 Å². The molecule has 6 nitrogen and oxygen atoms in total. The molecular formula is C23H25ClFNO5S. The van der Waals surface area contributed by atoms with Crippen molar-refractivity contribution in [1.82, 2.24) is 0 Å². The largest absolute Gasteiger partial charge is 0.462 e. The van der Waals surface area contributed by atoms with E-state index in [1.165, 1.54) is 36.5 Å². The number of carbonyl (C=O) groups is 3. The molecule has 32 heavy (non-hydrogen) atoms. The van der Waals surface area contributed by atoms with E-state index >= 15 is 0 Å². The first-order valence-corrected chi connectivity index (χ1v) is 11.7. The van der Waals surface area contributed by atoms with Gasteiger partial charge in [0.05, 0.1) is 18.6 Å². The van der Waals surface area contributed by atoms with Gasteiger partial charge in [0.15, 0.2) is 6.10 Å². The summed E-state index contributed by atoms with van der Waals surface area (Å²) in [4.78, 5) is 38.6. The summed E-state index contributed by atoms with van der Waals surface area (Å²) in [5.41, 5.74) is 1.31. The van der Waals surface area contributed by atoms with Crippen LogP contribution in [-0.4, -0.2) is 30.6 Å². The maximum atomic E-state index is 13.9. The molecule has 2 atom stereocenters. The second-order valence-corrected chi connectivity index (χ2v) is 9.29. The number of hydrogen-bond acceptors (Lipinski definition) is 6. The first-order chi connectivity index (χ1) is 15.2. The number of hydrogen-bond donors (Lipinski definition) is 1. The monoisotopic (exact) mass is 481 g/mol. The highest BCUT2D eigenvalue weighted by Crippen LogP contribution is 2.40. The van der Waals surface area contributed by atoms with Crippen molar-refractivity contribution < 1.29 is 28.2 Å². The van der Waals surface area contributed by atoms with E-state index in [2.05, 4.69) is 12.2 Å². The zero-order valence-electron chi connectivity index (χ0n) is 18.1. The number of thiophene rings is 1. The van der Waals surface area contributed by atoms with Gasteiger partial charge in [-0.1, -0.05) is 24.6 Å². The number of esters is 2. The predicted molar refractivity (Wildman–Crippen MR) is 121 cm³/mol. The van der Waals surface area contributed by atoms with Crippen molar-refractivity contribution in [2.24, 2.45) is 5.92 Å². The lowest BCUT2D eigenvalue weighted by molar-refractivity contribution is -0.152. The van der Waals surface area contributed by atoms with Gasteiger partial charge in [-0.05, 0) is 56.7 Å². The highest BCUT2D eigenvalue weighted by molar-refractivity contribution is 7.17. The molecule has 0 saturated heterocycles. The van der Waals surface area contributed by atoms with Crippen LogP contribution in [0.4, 0.5) is 9.39 Å². The Labute approximate surface area is 195 Å². The van der Waals surface area contributed by atoms with Crippen LogP contribution in [0.1, 0.15) is 53.6 Å². The molecule has 1 heterocycles. The summed E-state index contributed by atoms with van der Waals surface area (Å²) in [7, 11) is 0. The number of benzene rings is 1. The maximum Gasteiger partial charge on any atom is 0.341 e. The highest BCUT2D eigenvalue weighted by Gasteiger charge is 2.30. The van der Waals surface area contributed by atoms with Gasteiger partial charge in [-0.2, -0.15) is 0 Å². The van der Waals surface area contributed by atoms with Gasteiger partial charge in [-0.3, -0.25) is 9.59 Å². The van der Waals surface area contributed by atoms with Gasteiger partial charge >= 0.3 is 11.9 Å². The number of amides is 1. The number of carbonyl (C=O) groups excluding carboxylic acids is 3. The van der Waals surface area contributed by atoms with Crippen molar-refractivity contribution in [3.05, 3.63) is 50.6 Å². The molecule has 1 amide bonds. The predicted octanol–water partition coefficient (Wildman–Crippen LogP) is 4.96. The van der Waals surface area contributed by atoms with Gasteiger partial charge in [0, 0.05) is 15.5 Å². The van der Waals surface area contributed by atoms with E-state index < -0.39 is 36.2 Å². The van der Waals surface area contributed by atoms with E-state index in [4.69, 9.17) is 21.1 Å². The van der Waals surface area contributed by atoms with Gasteiger partial charge in [-0.15, -0.1) is 11.3 Å². The lowest BCUT2D eigenvalue weighted by Crippen LogP contribution is -2.31. The topological polar surface area (TPSA) is 81.7 Å². The molecule has 3 rings (SSSR count). The van der Waals surface area contributed by atoms with Gasteiger partial charge in [0.2, 0.25) is 0 Å². The lowest BCUT2D eigenvalue weighted by Gasteiger charge is -2.18. The third-order valence-electron chi connectivity index (χ3n) is 5.29. The standard InChI is InChI=1S/C23H25ClFNO5S/c1-4-30-23(29)20-14-9-8-12(2)10-18(14)32-22(20)26-21(28)13(3)31-19(27)11-15-16(24)6-5-7-17(15)25/h5-7,12-13H,4,8-11H2,1-3H3,(H,26,28)/t12-,13+/m1/s1. The fourth-order valence-electron chi connectivity index (χ4n) is 3.61. The Morgan fingerprint density at radius 2 is 2.09 bits per heavy atom. The minimum absolute atomic E-state index is 0.0106. The van der Waals surface area contributed by atoms with Gasteiger partial charge in [0.25, 0.3) is 5.91 Å². The molecule has 0 saturated carbocycles. The van der Waals surface area contributed by atoms with E-state index in [9.17, 15) is 18.8 Å². The molecule has 1 aromatic carbocycles. The summed E-state index contributed by atoms with van der Waals surface area (Å²) in [6.45, 7) is 5.50. The normalized spacial score (nSPS) is 16.1. The van der Waals surface area contributed by atoms with Crippen molar-refractivity contribution in [2.75, 3.05) is 11.9 Å². The third-order valence-corrected chi connectivity index (χ3v) is 6.81. The second kappa shape index (κ2) is 10.4. The van der Waals surface area contributed by atoms with Crippen LogP contribution in [0.15, 0.2) is 18.2 Å². The van der Waals surface area contributed by atoms with Gasteiger partial charge in [-0.25, -0.2) is 9.18 Å². The summed E-state index contributed by atoms with van der Waals surface area (Å²) >= 11 is 7.29. The van der Waals surface area contributed by atoms with Crippen LogP contribution >= 0.6 is 22.9 Å². The summed E-state index contributed by atoms with van der Waals surface area (Å²) in [5, 5.41) is 3.22. The molecular weight excluding hydrogens is 457 g/mol. The number of nitrogens with one attached hydrogen (secondary N) is 1. The zero-order valence-corrected chi connectivity index (χ0v) is 19.7. The minimum atomic E-state index is -1.15. The smallest absolute Gasteiger partial charge is 0.341 e. The number of anilines is 1. The van der Waals surface area contributed by atoms with Crippen LogP contribution in [0.5, 0.6) is 0 Å². The Morgan fingerprint density at radius 1 is 1.34 bits per heavy atom. The molecule has 0 aliphatic heterocycles. The second-order valence-electron chi connectivity index (χ2n) is 7.77. The Morgan fingerprint density at radius 3 is 2.78 bits per heavy atom. The minimum Gasteiger partial charge on any atom is -0.462 e. The molecule has 1 aliphatic carbocycles. The summed E-state index contributed by atoms with van der Waals surface area (Å²) < 4.78 is 24.3. The van der Waals surface area contributed by atoms with Crippen LogP contribution in [0.3, 0.4) is 0 Å². The maximum absolute atomic E-state index is 13.9. The average Bonchev–Trinajstić information content (AvgIpc) is 3.07. The summed E-state index contributed by atoms with van der Waals surface area (Å²) in [5.74, 6) is -1.98. The Bertz CT molecular complexity index is 1020. The Kier molecular flexibility index (Phi) is 7.90. The SMILES string of the molecule is CCOC(=O)c1c(NC(=O)[C@H](C)OC(=O)Cc2c(F)cccc2Cl)sc2c1CC[C@@H](C)C2. The quantitative estimate of drug-likeness (QED) is 0.565. The van der Waals surface area contributed by atoms with E-state index in [1.807, 2.05) is 0 Å². The first kappa shape index (κ1) is 24.2. The van der Waals surface area contributed by atoms with E-state index in [0.717, 1.165) is 29.7 Å². The molecule has 0 unspecified atom stereocenters. The molecule has 0 bridgehead atoms. The fourth-order valence-corrected chi connectivity index (χ4v) is 5.24. The van der Waals surface area contributed by atoms with Crippen LogP contribution in [0.2, 0.25) is 5.02 Å². The molecule has 1 N–H and O–H groups in total. The molecule has 172 valence electrons. The Hall–Kier alpha value is -2.45. The van der Waals surface area contributed by atoms with Gasteiger partial charge < -0.3 is 14.8 Å². The van der Waals surface area contributed by atoms with Crippen molar-refractivity contribution in [1.29, 1.82) is 0 Å².